The highest BCUT2D eigenvalue weighted by Gasteiger charge is 2.22. The van der Waals surface area contributed by atoms with E-state index in [1.807, 2.05) is 18.2 Å². The van der Waals surface area contributed by atoms with Gasteiger partial charge in [-0.15, -0.1) is 0 Å². The third-order valence-electron chi connectivity index (χ3n) is 3.92. The van der Waals surface area contributed by atoms with Crippen LogP contribution in [-0.4, -0.2) is 18.0 Å². The first-order chi connectivity index (χ1) is 8.06. The van der Waals surface area contributed by atoms with Gasteiger partial charge in [-0.1, -0.05) is 25.4 Å². The average Bonchev–Trinajstić information content (AvgIpc) is 2.29. The van der Waals surface area contributed by atoms with E-state index in [-0.39, 0.29) is 0 Å². The molecule has 0 aromatic heterocycles. The van der Waals surface area contributed by atoms with Crippen molar-refractivity contribution in [2.75, 3.05) is 18.8 Å². The second-order valence-electron chi connectivity index (χ2n) is 5.32. The van der Waals surface area contributed by atoms with Gasteiger partial charge in [0.1, 0.15) is 0 Å². The molecular weight excluding hydrogens is 232 g/mol. The molecule has 1 heterocycles. The topological polar surface area (TPSA) is 29.3 Å². The Kier molecular flexibility index (Phi) is 3.95. The number of benzene rings is 1. The molecule has 0 radical (unpaired) electrons. The van der Waals surface area contributed by atoms with E-state index in [0.29, 0.717) is 0 Å². The molecule has 17 heavy (non-hydrogen) atoms. The minimum absolute atomic E-state index is 0.768. The van der Waals surface area contributed by atoms with Crippen LogP contribution in [0, 0.1) is 11.8 Å². The summed E-state index contributed by atoms with van der Waals surface area (Å²) in [5, 5.41) is 0.771. The second-order valence-corrected chi connectivity index (χ2v) is 5.76. The molecule has 0 saturated carbocycles. The minimum Gasteiger partial charge on any atom is -0.398 e. The maximum atomic E-state index is 6.01. The summed E-state index contributed by atoms with van der Waals surface area (Å²) in [5.41, 5.74) is 7.98. The Balaban J connectivity index is 2.03. The number of anilines is 1. The van der Waals surface area contributed by atoms with Crippen LogP contribution >= 0.6 is 11.6 Å². The van der Waals surface area contributed by atoms with Gasteiger partial charge in [0.2, 0.25) is 0 Å². The van der Waals surface area contributed by atoms with Gasteiger partial charge < -0.3 is 5.73 Å². The largest absolute Gasteiger partial charge is 0.398 e. The molecule has 2 nitrogen and oxygen atoms in total. The zero-order chi connectivity index (χ0) is 12.4. The summed E-state index contributed by atoms with van der Waals surface area (Å²) in [4.78, 5) is 2.48. The van der Waals surface area contributed by atoms with E-state index in [2.05, 4.69) is 18.7 Å². The molecule has 1 aromatic rings. The fourth-order valence-corrected chi connectivity index (χ4v) is 2.64. The highest BCUT2D eigenvalue weighted by Crippen LogP contribution is 2.26. The first-order valence-corrected chi connectivity index (χ1v) is 6.70. The Morgan fingerprint density at radius 2 is 2.12 bits per heavy atom. The number of hydrogen-bond acceptors (Lipinski definition) is 2. The molecular formula is C14H21ClN2. The van der Waals surface area contributed by atoms with Crippen molar-refractivity contribution in [1.82, 2.24) is 4.90 Å². The van der Waals surface area contributed by atoms with E-state index in [4.69, 9.17) is 17.3 Å². The second kappa shape index (κ2) is 5.28. The Hall–Kier alpha value is -0.730. The van der Waals surface area contributed by atoms with Gasteiger partial charge in [-0.25, -0.2) is 0 Å². The molecule has 2 rings (SSSR count). The summed E-state index contributed by atoms with van der Waals surface area (Å²) >= 11 is 6.01. The highest BCUT2D eigenvalue weighted by molar-refractivity contribution is 6.30. The van der Waals surface area contributed by atoms with Gasteiger partial charge in [0.15, 0.2) is 0 Å². The Bertz CT molecular complexity index is 392. The molecule has 1 aliphatic heterocycles. The molecule has 2 atom stereocenters. The minimum atomic E-state index is 0.768. The van der Waals surface area contributed by atoms with Crippen molar-refractivity contribution >= 4 is 17.3 Å². The zero-order valence-corrected chi connectivity index (χ0v) is 11.4. The lowest BCUT2D eigenvalue weighted by molar-refractivity contribution is 0.132. The van der Waals surface area contributed by atoms with Crippen LogP contribution in [0.4, 0.5) is 5.69 Å². The van der Waals surface area contributed by atoms with Crippen LogP contribution in [0.15, 0.2) is 18.2 Å². The highest BCUT2D eigenvalue weighted by atomic mass is 35.5. The molecule has 3 heteroatoms. The van der Waals surface area contributed by atoms with Gasteiger partial charge in [0, 0.05) is 23.8 Å². The molecule has 0 spiro atoms. The molecule has 2 N–H and O–H groups in total. The number of nitrogens with two attached hydrogens (primary N) is 1. The maximum absolute atomic E-state index is 6.01. The molecule has 2 unspecified atom stereocenters. The van der Waals surface area contributed by atoms with Crippen LogP contribution in [-0.2, 0) is 6.54 Å². The van der Waals surface area contributed by atoms with E-state index >= 15 is 0 Å². The van der Waals surface area contributed by atoms with E-state index in [0.717, 1.165) is 47.7 Å². The molecule has 1 aliphatic rings. The van der Waals surface area contributed by atoms with Crippen LogP contribution in [0.1, 0.15) is 25.8 Å². The van der Waals surface area contributed by atoms with Gasteiger partial charge >= 0.3 is 0 Å². The maximum Gasteiger partial charge on any atom is 0.0410 e. The normalized spacial score (nSPS) is 26.1. The Labute approximate surface area is 109 Å². The summed E-state index contributed by atoms with van der Waals surface area (Å²) in [7, 11) is 0. The van der Waals surface area contributed by atoms with Crippen molar-refractivity contribution in [2.45, 2.75) is 26.8 Å². The summed E-state index contributed by atoms with van der Waals surface area (Å²) in [6.45, 7) is 7.92. The third kappa shape index (κ3) is 3.14. The summed E-state index contributed by atoms with van der Waals surface area (Å²) < 4.78 is 0. The zero-order valence-electron chi connectivity index (χ0n) is 10.6. The first-order valence-electron chi connectivity index (χ1n) is 6.32. The number of likely N-dealkylation sites (tertiary alicyclic amines) is 1. The third-order valence-corrected chi connectivity index (χ3v) is 4.15. The molecule has 1 aromatic carbocycles. The van der Waals surface area contributed by atoms with Gasteiger partial charge in [0.05, 0.1) is 0 Å². The molecule has 1 fully saturated rings. The first kappa shape index (κ1) is 12.7. The lowest BCUT2D eigenvalue weighted by Crippen LogP contribution is -2.37. The quantitative estimate of drug-likeness (QED) is 0.818. The van der Waals surface area contributed by atoms with E-state index in [9.17, 15) is 0 Å². The lowest BCUT2D eigenvalue weighted by Gasteiger charge is -2.35. The van der Waals surface area contributed by atoms with Crippen molar-refractivity contribution in [2.24, 2.45) is 11.8 Å². The summed E-state index contributed by atoms with van der Waals surface area (Å²) in [6.07, 6.45) is 1.28. The number of piperidine rings is 1. The van der Waals surface area contributed by atoms with Gasteiger partial charge in [-0.2, -0.15) is 0 Å². The number of rotatable bonds is 2. The van der Waals surface area contributed by atoms with Crippen molar-refractivity contribution in [1.29, 1.82) is 0 Å². The SMILES string of the molecule is CC1CCN(Cc2cc(Cl)ccc2N)CC1C. The van der Waals surface area contributed by atoms with Gasteiger partial charge in [0.25, 0.3) is 0 Å². The standard InChI is InChI=1S/C14H21ClN2/c1-10-5-6-17(8-11(10)2)9-12-7-13(15)3-4-14(12)16/h3-4,7,10-11H,5-6,8-9,16H2,1-2H3. The van der Waals surface area contributed by atoms with Crippen molar-refractivity contribution in [3.63, 3.8) is 0 Å². The van der Waals surface area contributed by atoms with Crippen LogP contribution in [0.25, 0.3) is 0 Å². The average molecular weight is 253 g/mol. The lowest BCUT2D eigenvalue weighted by atomic mass is 9.88. The Morgan fingerprint density at radius 3 is 2.82 bits per heavy atom. The fourth-order valence-electron chi connectivity index (χ4n) is 2.44. The van der Waals surface area contributed by atoms with Crippen LogP contribution < -0.4 is 5.73 Å². The van der Waals surface area contributed by atoms with E-state index in [1.165, 1.54) is 6.42 Å². The van der Waals surface area contributed by atoms with Crippen molar-refractivity contribution in [3.8, 4) is 0 Å². The molecule has 0 amide bonds. The van der Waals surface area contributed by atoms with Gasteiger partial charge in [-0.05, 0) is 48.6 Å². The summed E-state index contributed by atoms with van der Waals surface area (Å²) in [6, 6.07) is 5.73. The number of nitrogen functional groups attached to an aromatic ring is 1. The molecule has 1 saturated heterocycles. The van der Waals surface area contributed by atoms with Crippen molar-refractivity contribution < 1.29 is 0 Å². The van der Waals surface area contributed by atoms with E-state index in [1.54, 1.807) is 0 Å². The van der Waals surface area contributed by atoms with Gasteiger partial charge in [-0.3, -0.25) is 4.90 Å². The molecule has 94 valence electrons. The van der Waals surface area contributed by atoms with Crippen LogP contribution in [0.5, 0.6) is 0 Å². The summed E-state index contributed by atoms with van der Waals surface area (Å²) in [5.74, 6) is 1.60. The number of nitrogens with zero attached hydrogens (tertiary/aromatic N) is 1. The molecule has 0 bridgehead atoms. The fraction of sp³-hybridized carbons (Fsp3) is 0.571. The van der Waals surface area contributed by atoms with Crippen LogP contribution in [0.2, 0.25) is 5.02 Å². The predicted molar refractivity (Wildman–Crippen MR) is 74.1 cm³/mol. The van der Waals surface area contributed by atoms with Crippen molar-refractivity contribution in [3.05, 3.63) is 28.8 Å². The smallest absolute Gasteiger partial charge is 0.0410 e. The monoisotopic (exact) mass is 252 g/mol. The molecule has 0 aliphatic carbocycles. The Morgan fingerprint density at radius 1 is 1.35 bits per heavy atom. The predicted octanol–water partition coefficient (Wildman–Crippen LogP) is 3.40. The van der Waals surface area contributed by atoms with E-state index < -0.39 is 0 Å². The number of halogens is 1. The number of hydrogen-bond donors (Lipinski definition) is 1. The van der Waals surface area contributed by atoms with Crippen LogP contribution in [0.3, 0.4) is 0 Å².